The highest BCUT2D eigenvalue weighted by Gasteiger charge is 2.30. The third-order valence-electron chi connectivity index (χ3n) is 6.05. The van der Waals surface area contributed by atoms with Gasteiger partial charge in [-0.05, 0) is 47.3 Å². The van der Waals surface area contributed by atoms with Crippen LogP contribution < -0.4 is 11.1 Å². The number of nitrogens with one attached hydrogen (secondary N) is 1. The zero-order valence-electron chi connectivity index (χ0n) is 19.4. The Morgan fingerprint density at radius 3 is 2.60 bits per heavy atom. The minimum atomic E-state index is -1.12. The molecule has 1 aromatic carbocycles. The van der Waals surface area contributed by atoms with E-state index >= 15 is 0 Å². The Kier molecular flexibility index (Phi) is 8.14. The first kappa shape index (κ1) is 24.4. The fourth-order valence-corrected chi connectivity index (χ4v) is 4.13. The first-order valence-corrected chi connectivity index (χ1v) is 12.9. The lowest BCUT2D eigenvalue weighted by Gasteiger charge is -2.43. The van der Waals surface area contributed by atoms with Crippen LogP contribution in [0.2, 0.25) is 0 Å². The number of rotatable bonds is 8. The second kappa shape index (κ2) is 9.99. The molecular weight excluding hydrogens is 390 g/mol. The quantitative estimate of drug-likeness (QED) is 0.240. The van der Waals surface area contributed by atoms with E-state index in [0.29, 0.717) is 13.2 Å². The van der Waals surface area contributed by atoms with Crippen LogP contribution in [-0.2, 0) is 4.18 Å². The molecule has 4 nitrogen and oxygen atoms in total. The number of allylic oxidation sites excluding steroid dienone is 4. The summed E-state index contributed by atoms with van der Waals surface area (Å²) in [6.45, 7) is 18.0. The van der Waals surface area contributed by atoms with Crippen molar-refractivity contribution in [2.75, 3.05) is 31.0 Å². The Bertz CT molecular complexity index is 820. The van der Waals surface area contributed by atoms with Crippen molar-refractivity contribution >= 4 is 27.8 Å². The van der Waals surface area contributed by atoms with Gasteiger partial charge in [0.15, 0.2) is 0 Å². The van der Waals surface area contributed by atoms with Crippen LogP contribution in [-0.4, -0.2) is 42.8 Å². The van der Waals surface area contributed by atoms with Gasteiger partial charge >= 0.3 is 0 Å². The van der Waals surface area contributed by atoms with Crippen molar-refractivity contribution in [3.8, 4) is 0 Å². The molecule has 3 unspecified atom stereocenters. The molecule has 0 bridgehead atoms. The van der Waals surface area contributed by atoms with Gasteiger partial charge < -0.3 is 15.2 Å². The predicted molar refractivity (Wildman–Crippen MR) is 137 cm³/mol. The second-order valence-electron chi connectivity index (χ2n) is 9.15. The highest BCUT2D eigenvalue weighted by atomic mass is 32.3. The van der Waals surface area contributed by atoms with Crippen LogP contribution in [0.1, 0.15) is 44.7 Å². The summed E-state index contributed by atoms with van der Waals surface area (Å²) in [4.78, 5) is 4.62. The molecule has 0 aromatic heterocycles. The van der Waals surface area contributed by atoms with Crippen LogP contribution in [0.3, 0.4) is 0 Å². The molecule has 0 saturated heterocycles. The van der Waals surface area contributed by atoms with Crippen LogP contribution in [0.4, 0.5) is 5.69 Å². The molecule has 0 saturated carbocycles. The monoisotopic (exact) mass is 429 g/mol. The van der Waals surface area contributed by atoms with Crippen molar-refractivity contribution in [2.24, 2.45) is 16.6 Å². The third-order valence-corrected chi connectivity index (χ3v) is 9.76. The number of benzene rings is 1. The number of anilines is 1. The predicted octanol–water partition coefficient (Wildman–Crippen LogP) is 5.74. The summed E-state index contributed by atoms with van der Waals surface area (Å²) in [7, 11) is -1.12. The molecule has 0 aliphatic carbocycles. The summed E-state index contributed by atoms with van der Waals surface area (Å²) in [5.41, 5.74) is 10.7. The van der Waals surface area contributed by atoms with E-state index in [1.165, 1.54) is 5.56 Å². The normalized spacial score (nSPS) is 23.0. The van der Waals surface area contributed by atoms with Crippen molar-refractivity contribution in [3.63, 3.8) is 0 Å². The topological polar surface area (TPSA) is 59.6 Å². The van der Waals surface area contributed by atoms with Gasteiger partial charge in [-0.2, -0.15) is 0 Å². The van der Waals surface area contributed by atoms with Gasteiger partial charge in [-0.15, -0.1) is 16.9 Å². The summed E-state index contributed by atoms with van der Waals surface area (Å²) in [6.07, 6.45) is 12.1. The average Bonchev–Trinajstić information content (AvgIpc) is 2.67. The van der Waals surface area contributed by atoms with Gasteiger partial charge in [-0.3, -0.25) is 4.99 Å². The average molecular weight is 430 g/mol. The molecule has 3 N–H and O–H groups in total. The van der Waals surface area contributed by atoms with E-state index in [-0.39, 0.29) is 22.7 Å². The number of hydrogen-bond acceptors (Lipinski definition) is 4. The molecule has 0 fully saturated rings. The van der Waals surface area contributed by atoms with E-state index in [1.54, 1.807) is 6.08 Å². The lowest BCUT2D eigenvalue weighted by molar-refractivity contribution is 0.361. The minimum Gasteiger partial charge on any atom is -0.370 e. The fourth-order valence-electron chi connectivity index (χ4n) is 3.29. The summed E-state index contributed by atoms with van der Waals surface area (Å²) in [5, 5.41) is 3.40. The molecule has 1 aliphatic rings. The first-order valence-electron chi connectivity index (χ1n) is 10.5. The van der Waals surface area contributed by atoms with Gasteiger partial charge in [-0.25, -0.2) is 0 Å². The number of fused-ring (bicyclic) bond motifs is 1. The largest absolute Gasteiger partial charge is 0.370 e. The minimum absolute atomic E-state index is 0.0735. The van der Waals surface area contributed by atoms with Crippen molar-refractivity contribution < 1.29 is 4.18 Å². The number of nitrogens with two attached hydrogens (primary N) is 1. The van der Waals surface area contributed by atoms with Crippen LogP contribution >= 0.6 is 10.3 Å². The first-order chi connectivity index (χ1) is 14.0. The van der Waals surface area contributed by atoms with E-state index in [4.69, 9.17) is 9.92 Å². The van der Waals surface area contributed by atoms with Crippen molar-refractivity contribution in [2.45, 2.75) is 44.5 Å². The van der Waals surface area contributed by atoms with Gasteiger partial charge in [0.05, 0.1) is 19.3 Å². The highest BCUT2D eigenvalue weighted by molar-refractivity contribution is 8.29. The zero-order valence-corrected chi connectivity index (χ0v) is 20.3. The smallest absolute Gasteiger partial charge is 0.0788 e. The van der Waals surface area contributed by atoms with E-state index in [9.17, 15) is 0 Å². The molecular formula is C25H39N3OS. The molecule has 0 radical (unpaired) electrons. The van der Waals surface area contributed by atoms with Crippen molar-refractivity contribution in [1.82, 2.24) is 0 Å². The number of aliphatic imine (C=N–C) groups is 1. The Hall–Kier alpha value is -1.82. The standard InChI is InChI=1S/C25H39N3OS/c1-9-11-20(17-27-14-15-29-30(7,8)25(4,5)6)19-12-13-23-22(16-19)21(10-2)18(3)24(26)28-23/h9-13,16-18,21,24,28H,1-2,14-15,26H2,3-8H3/b20-11+,27-17?. The summed E-state index contributed by atoms with van der Waals surface area (Å²) >= 11 is 0. The van der Waals surface area contributed by atoms with E-state index < -0.39 is 10.3 Å². The van der Waals surface area contributed by atoms with Crippen molar-refractivity contribution in [1.29, 1.82) is 0 Å². The van der Waals surface area contributed by atoms with Gasteiger partial charge in [0.2, 0.25) is 0 Å². The van der Waals surface area contributed by atoms with Crippen molar-refractivity contribution in [3.05, 3.63) is 60.7 Å². The van der Waals surface area contributed by atoms with E-state index in [1.807, 2.05) is 18.4 Å². The maximum absolute atomic E-state index is 6.24. The molecule has 1 heterocycles. The summed E-state index contributed by atoms with van der Waals surface area (Å²) < 4.78 is 6.32. The molecule has 1 aromatic rings. The van der Waals surface area contributed by atoms with Crippen LogP contribution in [0.15, 0.2) is 54.6 Å². The highest BCUT2D eigenvalue weighted by Crippen LogP contribution is 2.53. The van der Waals surface area contributed by atoms with Crippen LogP contribution in [0, 0.1) is 5.92 Å². The summed E-state index contributed by atoms with van der Waals surface area (Å²) in [6, 6.07) is 6.40. The lowest BCUT2D eigenvalue weighted by atomic mass is 9.80. The van der Waals surface area contributed by atoms with Gasteiger partial charge in [0, 0.05) is 22.6 Å². The fraction of sp³-hybridized carbons (Fsp3) is 0.480. The summed E-state index contributed by atoms with van der Waals surface area (Å²) in [5.74, 6) is 0.491. The van der Waals surface area contributed by atoms with Crippen LogP contribution in [0.5, 0.6) is 0 Å². The van der Waals surface area contributed by atoms with Crippen LogP contribution in [0.25, 0.3) is 5.57 Å². The Morgan fingerprint density at radius 1 is 1.30 bits per heavy atom. The maximum Gasteiger partial charge on any atom is 0.0788 e. The molecule has 1 aliphatic heterocycles. The van der Waals surface area contributed by atoms with E-state index in [0.717, 1.165) is 16.8 Å². The molecule has 5 heteroatoms. The molecule has 0 spiro atoms. The Morgan fingerprint density at radius 2 is 2.00 bits per heavy atom. The second-order valence-corrected chi connectivity index (χ2v) is 13.1. The zero-order chi connectivity index (χ0) is 22.5. The maximum atomic E-state index is 6.24. The molecule has 3 atom stereocenters. The van der Waals surface area contributed by atoms with Gasteiger partial charge in [0.1, 0.15) is 0 Å². The molecule has 2 rings (SSSR count). The Labute approximate surface area is 184 Å². The number of hydrogen-bond donors (Lipinski definition) is 2. The molecule has 0 amide bonds. The molecule has 166 valence electrons. The van der Waals surface area contributed by atoms with Gasteiger partial charge in [-0.1, -0.05) is 58.6 Å². The SMILES string of the molecule is C=C/C=C(\C=NCCOS(C)(C)C(C)(C)C)c1ccc2c(c1)C(C=C)C(C)C(N)N2. The molecule has 30 heavy (non-hydrogen) atoms. The number of nitrogens with zero attached hydrogens (tertiary/aromatic N) is 1. The van der Waals surface area contributed by atoms with Gasteiger partial charge in [0.25, 0.3) is 0 Å². The Balaban J connectivity index is 2.15. The third kappa shape index (κ3) is 5.65. The lowest BCUT2D eigenvalue weighted by Crippen LogP contribution is -2.42. The van der Waals surface area contributed by atoms with E-state index in [2.05, 4.69) is 81.9 Å².